The molecule has 2 aromatic rings. The fraction of sp³-hybridized carbons (Fsp3) is 0.105. The largest absolute Gasteiger partial charge is 0.490 e. The van der Waals surface area contributed by atoms with Crippen molar-refractivity contribution in [1.29, 1.82) is 0 Å². The Morgan fingerprint density at radius 2 is 1.96 bits per heavy atom. The number of hydrogen-bond acceptors (Lipinski definition) is 4. The molecule has 0 heterocycles. The molecule has 128 valence electrons. The number of benzene rings is 2. The molecule has 0 bridgehead atoms. The first-order chi connectivity index (χ1) is 12.1. The fourth-order valence-corrected chi connectivity index (χ4v) is 1.97. The van der Waals surface area contributed by atoms with Crippen LogP contribution in [0.25, 0.3) is 0 Å². The number of nitrogens with one attached hydrogen (secondary N) is 2. The molecule has 0 aliphatic rings. The van der Waals surface area contributed by atoms with Crippen molar-refractivity contribution in [3.8, 4) is 5.75 Å². The molecule has 0 unspecified atom stereocenters. The molecule has 0 aliphatic heterocycles. The minimum absolute atomic E-state index is 0.399. The van der Waals surface area contributed by atoms with E-state index in [4.69, 9.17) is 4.74 Å². The highest BCUT2D eigenvalue weighted by atomic mass is 16.5. The van der Waals surface area contributed by atoms with Gasteiger partial charge in [-0.15, -0.1) is 0 Å². The molecule has 6 heteroatoms. The van der Waals surface area contributed by atoms with E-state index < -0.39 is 11.8 Å². The van der Waals surface area contributed by atoms with Crippen LogP contribution in [0.5, 0.6) is 5.75 Å². The third kappa shape index (κ3) is 5.95. The minimum Gasteiger partial charge on any atom is -0.490 e. The van der Waals surface area contributed by atoms with Gasteiger partial charge in [0.25, 0.3) is 0 Å². The van der Waals surface area contributed by atoms with Gasteiger partial charge in [0.1, 0.15) is 12.4 Å². The average Bonchev–Trinajstić information content (AvgIpc) is 2.60. The number of carbonyl (C=O) groups excluding carboxylic acids is 2. The molecule has 2 N–H and O–H groups in total. The van der Waals surface area contributed by atoms with E-state index in [1.165, 1.54) is 6.21 Å². The highest BCUT2D eigenvalue weighted by Gasteiger charge is 2.12. The van der Waals surface area contributed by atoms with E-state index in [-0.39, 0.29) is 0 Å². The molecule has 0 saturated carbocycles. The lowest BCUT2D eigenvalue weighted by molar-refractivity contribution is -0.136. The first-order valence-corrected chi connectivity index (χ1v) is 7.63. The predicted molar refractivity (Wildman–Crippen MR) is 97.7 cm³/mol. The zero-order valence-electron chi connectivity index (χ0n) is 13.9. The predicted octanol–water partition coefficient (Wildman–Crippen LogP) is 2.65. The first kappa shape index (κ1) is 17.9. The molecule has 0 aliphatic carbocycles. The van der Waals surface area contributed by atoms with Gasteiger partial charge in [0.05, 0.1) is 6.21 Å². The summed E-state index contributed by atoms with van der Waals surface area (Å²) >= 11 is 0. The number of ether oxygens (including phenoxy) is 1. The van der Waals surface area contributed by atoms with Gasteiger partial charge in [-0.1, -0.05) is 36.9 Å². The van der Waals surface area contributed by atoms with Crippen molar-refractivity contribution in [3.63, 3.8) is 0 Å². The number of rotatable bonds is 6. The molecule has 2 aromatic carbocycles. The average molecular weight is 337 g/mol. The number of hydrazone groups is 1. The first-order valence-electron chi connectivity index (χ1n) is 7.63. The molecule has 0 spiro atoms. The van der Waals surface area contributed by atoms with Crippen molar-refractivity contribution in [2.24, 2.45) is 5.10 Å². The summed E-state index contributed by atoms with van der Waals surface area (Å²) in [5.41, 5.74) is 4.45. The summed E-state index contributed by atoms with van der Waals surface area (Å²) in [5, 5.41) is 6.29. The molecular formula is C19H19N3O3. The Morgan fingerprint density at radius 3 is 2.72 bits per heavy atom. The topological polar surface area (TPSA) is 79.8 Å². The van der Waals surface area contributed by atoms with E-state index in [0.717, 1.165) is 11.1 Å². The van der Waals surface area contributed by atoms with Gasteiger partial charge in [-0.2, -0.15) is 5.10 Å². The van der Waals surface area contributed by atoms with E-state index in [0.29, 0.717) is 18.0 Å². The molecule has 2 rings (SSSR count). The minimum atomic E-state index is -0.850. The van der Waals surface area contributed by atoms with Gasteiger partial charge in [-0.3, -0.25) is 9.59 Å². The summed E-state index contributed by atoms with van der Waals surface area (Å²) in [7, 11) is 0. The van der Waals surface area contributed by atoms with Crippen LogP contribution in [0.3, 0.4) is 0 Å². The molecular weight excluding hydrogens is 318 g/mol. The lowest BCUT2D eigenvalue weighted by atomic mass is 10.2. The molecule has 0 radical (unpaired) electrons. The van der Waals surface area contributed by atoms with Crippen LogP contribution in [0, 0.1) is 6.92 Å². The standard InChI is InChI=1S/C19H19N3O3/c1-3-10-25-17-9-5-7-15(12-17)13-20-22-19(24)18(23)21-16-8-4-6-14(2)11-16/h3-9,11-13H,1,10H2,2H3,(H,21,23)(H,22,24)/b20-13+. The molecule has 0 saturated heterocycles. The van der Waals surface area contributed by atoms with Crippen LogP contribution in [-0.2, 0) is 9.59 Å². The molecule has 6 nitrogen and oxygen atoms in total. The Bertz CT molecular complexity index is 800. The molecule has 0 fully saturated rings. The van der Waals surface area contributed by atoms with Gasteiger partial charge in [0.2, 0.25) is 0 Å². The van der Waals surface area contributed by atoms with Gasteiger partial charge < -0.3 is 10.1 Å². The van der Waals surface area contributed by atoms with Crippen molar-refractivity contribution >= 4 is 23.7 Å². The Morgan fingerprint density at radius 1 is 1.16 bits per heavy atom. The summed E-state index contributed by atoms with van der Waals surface area (Å²) < 4.78 is 5.41. The Balaban J connectivity index is 1.89. The van der Waals surface area contributed by atoms with Crippen molar-refractivity contribution in [2.75, 3.05) is 11.9 Å². The quantitative estimate of drug-likeness (QED) is 0.368. The van der Waals surface area contributed by atoms with Crippen LogP contribution in [-0.4, -0.2) is 24.6 Å². The number of amides is 2. The number of anilines is 1. The van der Waals surface area contributed by atoms with Crippen LogP contribution >= 0.6 is 0 Å². The van der Waals surface area contributed by atoms with E-state index in [9.17, 15) is 9.59 Å². The monoisotopic (exact) mass is 337 g/mol. The summed E-state index contributed by atoms with van der Waals surface area (Å²) in [4.78, 5) is 23.6. The van der Waals surface area contributed by atoms with Crippen LogP contribution < -0.4 is 15.5 Å². The number of hydrogen-bond donors (Lipinski definition) is 2. The van der Waals surface area contributed by atoms with Gasteiger partial charge in [-0.05, 0) is 42.3 Å². The molecule has 2 amide bonds. The van der Waals surface area contributed by atoms with E-state index >= 15 is 0 Å². The molecule has 0 atom stereocenters. The Labute approximate surface area is 146 Å². The van der Waals surface area contributed by atoms with Gasteiger partial charge in [0.15, 0.2) is 0 Å². The molecule has 25 heavy (non-hydrogen) atoms. The summed E-state index contributed by atoms with van der Waals surface area (Å²) in [6.07, 6.45) is 3.08. The second kappa shape index (κ2) is 9.02. The lowest BCUT2D eigenvalue weighted by Gasteiger charge is -2.05. The second-order valence-corrected chi connectivity index (χ2v) is 5.19. The van der Waals surface area contributed by atoms with Crippen molar-refractivity contribution < 1.29 is 14.3 Å². The highest BCUT2D eigenvalue weighted by Crippen LogP contribution is 2.12. The third-order valence-electron chi connectivity index (χ3n) is 3.09. The Hall–Kier alpha value is -3.41. The summed E-state index contributed by atoms with van der Waals surface area (Å²) in [6, 6.07) is 14.3. The van der Waals surface area contributed by atoms with Crippen LogP contribution in [0.1, 0.15) is 11.1 Å². The number of aryl methyl sites for hydroxylation is 1. The lowest BCUT2D eigenvalue weighted by Crippen LogP contribution is -2.32. The normalized spacial score (nSPS) is 10.3. The van der Waals surface area contributed by atoms with Crippen molar-refractivity contribution in [3.05, 3.63) is 72.3 Å². The Kier molecular flexibility index (Phi) is 6.47. The van der Waals surface area contributed by atoms with Gasteiger partial charge in [-0.25, -0.2) is 5.43 Å². The maximum atomic E-state index is 11.8. The fourth-order valence-electron chi connectivity index (χ4n) is 1.97. The summed E-state index contributed by atoms with van der Waals surface area (Å²) in [6.45, 7) is 5.88. The zero-order chi connectivity index (χ0) is 18.1. The SMILES string of the molecule is C=CCOc1cccc(/C=N/NC(=O)C(=O)Nc2cccc(C)c2)c1. The van der Waals surface area contributed by atoms with Crippen LogP contribution in [0.15, 0.2) is 66.3 Å². The van der Waals surface area contributed by atoms with Crippen molar-refractivity contribution in [1.82, 2.24) is 5.43 Å². The van der Waals surface area contributed by atoms with E-state index in [1.54, 1.807) is 48.5 Å². The van der Waals surface area contributed by atoms with Crippen molar-refractivity contribution in [2.45, 2.75) is 6.92 Å². The van der Waals surface area contributed by atoms with Crippen LogP contribution in [0.4, 0.5) is 5.69 Å². The van der Waals surface area contributed by atoms with E-state index in [1.807, 2.05) is 13.0 Å². The van der Waals surface area contributed by atoms with E-state index in [2.05, 4.69) is 22.4 Å². The maximum absolute atomic E-state index is 11.8. The summed E-state index contributed by atoms with van der Waals surface area (Å²) in [5.74, 6) is -0.977. The number of nitrogens with zero attached hydrogens (tertiary/aromatic N) is 1. The molecule has 0 aromatic heterocycles. The third-order valence-corrected chi connectivity index (χ3v) is 3.09. The van der Waals surface area contributed by atoms with Gasteiger partial charge in [0, 0.05) is 5.69 Å². The van der Waals surface area contributed by atoms with Gasteiger partial charge >= 0.3 is 11.8 Å². The maximum Gasteiger partial charge on any atom is 0.329 e. The highest BCUT2D eigenvalue weighted by molar-refractivity contribution is 6.39. The second-order valence-electron chi connectivity index (χ2n) is 5.19. The number of carbonyl (C=O) groups is 2. The van der Waals surface area contributed by atoms with Crippen LogP contribution in [0.2, 0.25) is 0 Å². The zero-order valence-corrected chi connectivity index (χ0v) is 13.9. The smallest absolute Gasteiger partial charge is 0.329 e.